The van der Waals surface area contributed by atoms with Crippen molar-refractivity contribution < 1.29 is 32.2 Å². The maximum Gasteiger partial charge on any atom is 0.417 e. The van der Waals surface area contributed by atoms with E-state index in [1.807, 2.05) is 30.3 Å². The summed E-state index contributed by atoms with van der Waals surface area (Å²) in [7, 11) is 0. The van der Waals surface area contributed by atoms with Gasteiger partial charge in [0.25, 0.3) is 0 Å². The van der Waals surface area contributed by atoms with Gasteiger partial charge < -0.3 is 9.47 Å². The monoisotopic (exact) mass is 434 g/mol. The van der Waals surface area contributed by atoms with Crippen LogP contribution in [-0.4, -0.2) is 47.1 Å². The number of ketones is 1. The Morgan fingerprint density at radius 1 is 1.06 bits per heavy atom. The molecule has 0 saturated carbocycles. The second-order valence-electron chi connectivity index (χ2n) is 7.76. The lowest BCUT2D eigenvalue weighted by Gasteiger charge is -2.47. The molecule has 9 heteroatoms. The summed E-state index contributed by atoms with van der Waals surface area (Å²) >= 11 is 0. The predicted molar refractivity (Wildman–Crippen MR) is 103 cm³/mol. The molecular weight excluding hydrogens is 413 g/mol. The van der Waals surface area contributed by atoms with E-state index in [4.69, 9.17) is 9.47 Å². The van der Waals surface area contributed by atoms with E-state index < -0.39 is 23.8 Å². The lowest BCUT2D eigenvalue weighted by Crippen LogP contribution is -2.60. The highest BCUT2D eigenvalue weighted by Crippen LogP contribution is 2.34. The van der Waals surface area contributed by atoms with Crippen LogP contribution in [0.15, 0.2) is 48.7 Å². The highest BCUT2D eigenvalue weighted by atomic mass is 19.4. The number of piperidine rings is 1. The van der Waals surface area contributed by atoms with Crippen molar-refractivity contribution in [2.24, 2.45) is 5.92 Å². The zero-order valence-electron chi connectivity index (χ0n) is 16.5. The molecule has 164 valence electrons. The van der Waals surface area contributed by atoms with Crippen LogP contribution in [0.3, 0.4) is 0 Å². The number of alkyl halides is 3. The van der Waals surface area contributed by atoms with Gasteiger partial charge in [0.15, 0.2) is 5.78 Å². The third-order valence-corrected chi connectivity index (χ3v) is 5.65. The summed E-state index contributed by atoms with van der Waals surface area (Å²) in [5.74, 6) is -0.760. The number of benzene rings is 1. The average Bonchev–Trinajstić information content (AvgIpc) is 2.76. The zero-order valence-corrected chi connectivity index (χ0v) is 16.5. The van der Waals surface area contributed by atoms with Gasteiger partial charge in [0.2, 0.25) is 0 Å². The van der Waals surface area contributed by atoms with Crippen LogP contribution in [0.4, 0.5) is 18.0 Å². The molecule has 0 spiro atoms. The summed E-state index contributed by atoms with van der Waals surface area (Å²) in [6, 6.07) is 10.6. The molecule has 2 fully saturated rings. The lowest BCUT2D eigenvalue weighted by molar-refractivity contribution is -0.137. The van der Waals surface area contributed by atoms with Crippen LogP contribution in [0.25, 0.3) is 0 Å². The summed E-state index contributed by atoms with van der Waals surface area (Å²) in [5.41, 5.74) is -0.0295. The van der Waals surface area contributed by atoms with E-state index >= 15 is 0 Å². The first-order chi connectivity index (χ1) is 14.8. The quantitative estimate of drug-likeness (QED) is 0.678. The van der Waals surface area contributed by atoms with Gasteiger partial charge in [-0.3, -0.25) is 14.7 Å². The highest BCUT2D eigenvalue weighted by molar-refractivity contribution is 5.96. The van der Waals surface area contributed by atoms with Crippen molar-refractivity contribution in [1.29, 1.82) is 0 Å². The molecule has 6 nitrogen and oxygen atoms in total. The first-order valence-corrected chi connectivity index (χ1v) is 9.97. The first-order valence-electron chi connectivity index (χ1n) is 9.97. The molecule has 31 heavy (non-hydrogen) atoms. The highest BCUT2D eigenvalue weighted by Gasteiger charge is 2.44. The summed E-state index contributed by atoms with van der Waals surface area (Å²) in [5, 5.41) is 0. The van der Waals surface area contributed by atoms with Crippen LogP contribution in [0, 0.1) is 5.92 Å². The number of carbonyl (C=O) groups excluding carboxylic acids is 2. The van der Waals surface area contributed by atoms with E-state index in [9.17, 15) is 22.8 Å². The van der Waals surface area contributed by atoms with Crippen LogP contribution in [0.1, 0.15) is 34.5 Å². The lowest BCUT2D eigenvalue weighted by atomic mass is 9.81. The molecular formula is C22H21F3N2O4. The van der Waals surface area contributed by atoms with Crippen LogP contribution in [-0.2, 0) is 22.3 Å². The fourth-order valence-electron chi connectivity index (χ4n) is 4.14. The summed E-state index contributed by atoms with van der Waals surface area (Å²) in [6.07, 6.45) is -3.60. The molecule has 0 N–H and O–H groups in total. The number of fused-ring (bicyclic) bond motifs is 2. The van der Waals surface area contributed by atoms with Gasteiger partial charge in [0, 0.05) is 12.1 Å². The minimum absolute atomic E-state index is 0.00269. The van der Waals surface area contributed by atoms with Crippen LogP contribution >= 0.6 is 0 Å². The van der Waals surface area contributed by atoms with Crippen molar-refractivity contribution in [3.63, 3.8) is 0 Å². The van der Waals surface area contributed by atoms with Gasteiger partial charge in [-0.1, -0.05) is 30.3 Å². The number of halogens is 3. The SMILES string of the molecule is O=C(c1ccc(C(F)(F)F)cn1)C1CC2COCC(C1)N2C(=O)OCc1ccccc1. The van der Waals surface area contributed by atoms with E-state index in [2.05, 4.69) is 4.98 Å². The smallest absolute Gasteiger partial charge is 0.417 e. The van der Waals surface area contributed by atoms with Gasteiger partial charge in [-0.25, -0.2) is 4.79 Å². The van der Waals surface area contributed by atoms with Crippen molar-refractivity contribution in [2.75, 3.05) is 13.2 Å². The van der Waals surface area contributed by atoms with Crippen LogP contribution in [0.5, 0.6) is 0 Å². The van der Waals surface area contributed by atoms with E-state index in [0.717, 1.165) is 17.7 Å². The van der Waals surface area contributed by atoms with Gasteiger partial charge in [-0.2, -0.15) is 13.2 Å². The molecule has 4 rings (SSSR count). The number of morpholine rings is 1. The van der Waals surface area contributed by atoms with Crippen molar-refractivity contribution in [1.82, 2.24) is 9.88 Å². The normalized spacial score (nSPS) is 23.3. The Balaban J connectivity index is 1.41. The topological polar surface area (TPSA) is 68.7 Å². The Hall–Kier alpha value is -2.94. The molecule has 2 saturated heterocycles. The molecule has 0 aliphatic carbocycles. The molecule has 3 heterocycles. The molecule has 2 unspecified atom stereocenters. The van der Waals surface area contributed by atoms with E-state index in [1.165, 1.54) is 0 Å². The van der Waals surface area contributed by atoms with Crippen LogP contribution < -0.4 is 0 Å². The Labute approximate surface area is 177 Å². The number of hydrogen-bond donors (Lipinski definition) is 0. The molecule has 2 atom stereocenters. The summed E-state index contributed by atoms with van der Waals surface area (Å²) in [4.78, 5) is 30.9. The molecule has 1 amide bonds. The number of hydrogen-bond acceptors (Lipinski definition) is 5. The fourth-order valence-corrected chi connectivity index (χ4v) is 4.14. The van der Waals surface area contributed by atoms with Crippen molar-refractivity contribution >= 4 is 11.9 Å². The number of carbonyl (C=O) groups is 2. The number of pyridine rings is 1. The number of nitrogens with zero attached hydrogens (tertiary/aromatic N) is 2. The minimum atomic E-state index is -4.51. The number of rotatable bonds is 4. The molecule has 1 aromatic carbocycles. The van der Waals surface area contributed by atoms with Crippen molar-refractivity contribution in [3.8, 4) is 0 Å². The number of amides is 1. The van der Waals surface area contributed by atoms with Crippen molar-refractivity contribution in [3.05, 3.63) is 65.5 Å². The van der Waals surface area contributed by atoms with Gasteiger partial charge in [0.1, 0.15) is 12.3 Å². The average molecular weight is 434 g/mol. The summed E-state index contributed by atoms with van der Waals surface area (Å²) in [6.45, 7) is 0.705. The molecule has 1 aromatic heterocycles. The fraction of sp³-hybridized carbons (Fsp3) is 0.409. The van der Waals surface area contributed by atoms with Gasteiger partial charge in [-0.15, -0.1) is 0 Å². The standard InChI is InChI=1S/C22H21F3N2O4/c23-22(24,25)16-6-7-19(26-10-16)20(28)15-8-17-12-30-13-18(9-15)27(17)21(29)31-11-14-4-2-1-3-5-14/h1-7,10,15,17-18H,8-9,11-13H2. The second kappa shape index (κ2) is 8.66. The maximum absolute atomic E-state index is 12.9. The third kappa shape index (κ3) is 4.71. The van der Waals surface area contributed by atoms with Gasteiger partial charge in [0.05, 0.1) is 30.9 Å². The Morgan fingerprint density at radius 2 is 1.74 bits per heavy atom. The van der Waals surface area contributed by atoms with Crippen molar-refractivity contribution in [2.45, 2.75) is 37.7 Å². The number of aromatic nitrogens is 1. The summed E-state index contributed by atoms with van der Waals surface area (Å²) < 4.78 is 49.2. The third-order valence-electron chi connectivity index (χ3n) is 5.65. The number of ether oxygens (including phenoxy) is 2. The van der Waals surface area contributed by atoms with Gasteiger partial charge in [-0.05, 0) is 30.5 Å². The van der Waals surface area contributed by atoms with Crippen LogP contribution in [0.2, 0.25) is 0 Å². The van der Waals surface area contributed by atoms with E-state index in [-0.39, 0.29) is 43.4 Å². The molecule has 2 aromatic rings. The Morgan fingerprint density at radius 3 is 2.32 bits per heavy atom. The predicted octanol–water partition coefficient (Wildman–Crippen LogP) is 4.10. The largest absolute Gasteiger partial charge is 0.445 e. The first kappa shape index (κ1) is 21.3. The zero-order chi connectivity index (χ0) is 22.0. The molecule has 0 radical (unpaired) electrons. The molecule has 2 aliphatic rings. The Kier molecular flexibility index (Phi) is 5.95. The Bertz CT molecular complexity index is 920. The van der Waals surface area contributed by atoms with E-state index in [0.29, 0.717) is 19.0 Å². The molecule has 2 bridgehead atoms. The van der Waals surface area contributed by atoms with Gasteiger partial charge >= 0.3 is 12.3 Å². The maximum atomic E-state index is 12.9. The minimum Gasteiger partial charge on any atom is -0.445 e. The number of Topliss-reactive ketones (excluding diaryl/α,β-unsaturated/α-hetero) is 1. The second-order valence-corrected chi connectivity index (χ2v) is 7.76. The van der Waals surface area contributed by atoms with E-state index in [1.54, 1.807) is 4.90 Å². The molecule has 2 aliphatic heterocycles.